The summed E-state index contributed by atoms with van der Waals surface area (Å²) in [5.41, 5.74) is 2.72. The Morgan fingerprint density at radius 3 is 0.819 bits per heavy atom. The molecule has 24 heteroatoms. The van der Waals surface area contributed by atoms with Gasteiger partial charge in [0.05, 0.1) is 35.4 Å². The van der Waals surface area contributed by atoms with Crippen molar-refractivity contribution in [3.05, 3.63) is 90.9 Å². The second-order valence-electron chi connectivity index (χ2n) is 30.6. The van der Waals surface area contributed by atoms with E-state index < -0.39 is 121 Å². The fourth-order valence-corrected chi connectivity index (χ4v) is 73.0. The van der Waals surface area contributed by atoms with Crippen LogP contribution < -0.4 is 16.4 Å². The molecule has 0 saturated carbocycles. The number of rotatable bonds is 32. The molecule has 582 valence electrons. The normalized spacial score (nSPS) is 12.6. The molecule has 6 heterocycles. The summed E-state index contributed by atoms with van der Waals surface area (Å²) in [6, 6.07) is 13.6. The Morgan fingerprint density at radius 2 is 0.590 bits per heavy atom. The molecule has 8 nitrogen and oxygen atoms in total. The summed E-state index contributed by atoms with van der Waals surface area (Å²) >= 11 is 13.8. The van der Waals surface area contributed by atoms with Gasteiger partial charge >= 0.3 is 233 Å². The van der Waals surface area contributed by atoms with E-state index in [9.17, 15) is 28.0 Å². The van der Waals surface area contributed by atoms with Crippen LogP contribution in [-0.2, 0) is 18.9 Å². The average molecular weight is 1850 g/mol. The van der Waals surface area contributed by atoms with Gasteiger partial charge in [-0.05, 0) is 126 Å². The van der Waals surface area contributed by atoms with E-state index in [4.69, 9.17) is 9.47 Å². The van der Waals surface area contributed by atoms with Crippen molar-refractivity contribution in [2.24, 2.45) is 0 Å². The summed E-state index contributed by atoms with van der Waals surface area (Å²) in [7, 11) is -5.46. The molecular weight excluding hydrogens is 1730 g/mol. The number of hydrogen-bond donors (Lipinski definition) is 0. The number of unbranched alkanes of at least 4 members (excludes halogenated alkanes) is 3. The van der Waals surface area contributed by atoms with Gasteiger partial charge in [0, 0.05) is 39.7 Å². The summed E-state index contributed by atoms with van der Waals surface area (Å²) in [6.07, 6.45) is 8.49. The molecule has 0 aliphatic carbocycles. The first kappa shape index (κ1) is 91.3. The minimum atomic E-state index is -2.29. The molecule has 0 fully saturated rings. The van der Waals surface area contributed by atoms with Gasteiger partial charge in [-0.15, -0.1) is 45.3 Å². The largest absolute Gasteiger partial charge is 0.462 e. The molecule has 0 spiro atoms. The van der Waals surface area contributed by atoms with Crippen LogP contribution >= 0.6 is 99.9 Å². The second kappa shape index (κ2) is 39.3. The molecule has 8 aromatic rings. The molecule has 2 aromatic carbocycles. The Bertz CT molecular complexity index is 3880. The smallest absolute Gasteiger partial charge is 0.342 e. The van der Waals surface area contributed by atoms with Crippen LogP contribution in [0.1, 0.15) is 253 Å². The van der Waals surface area contributed by atoms with E-state index in [-0.39, 0.29) is 37.6 Å². The van der Waals surface area contributed by atoms with E-state index in [0.717, 1.165) is 35.4 Å². The maximum atomic E-state index is 17.4. The van der Waals surface area contributed by atoms with Crippen molar-refractivity contribution < 1.29 is 55.7 Å². The summed E-state index contributed by atoms with van der Waals surface area (Å²) in [5, 5.41) is 0. The van der Waals surface area contributed by atoms with Crippen molar-refractivity contribution >= 4 is 211 Å². The van der Waals surface area contributed by atoms with Gasteiger partial charge in [-0.1, -0.05) is 83.1 Å². The maximum Gasteiger partial charge on any atom is 0.342 e. The van der Waals surface area contributed by atoms with Crippen molar-refractivity contribution in [1.29, 1.82) is 0 Å². The Balaban J connectivity index is 0.000000284. The number of fused-ring (bicyclic) bond motifs is 3. The molecule has 0 amide bonds. The van der Waals surface area contributed by atoms with Gasteiger partial charge in [-0.2, -0.15) is 0 Å². The van der Waals surface area contributed by atoms with E-state index in [1.807, 2.05) is 15.0 Å². The van der Waals surface area contributed by atoms with E-state index in [0.29, 0.717) is 43.0 Å². The molecule has 0 bridgehead atoms. The second-order valence-corrected chi connectivity index (χ2v) is 71.6. The molecule has 0 aliphatic heterocycles. The van der Waals surface area contributed by atoms with Crippen molar-refractivity contribution in [3.63, 3.8) is 0 Å². The molecule has 0 aliphatic rings. The Hall–Kier alpha value is -2.57. The summed E-state index contributed by atoms with van der Waals surface area (Å²) in [6.45, 7) is 56.4. The third-order valence-electron chi connectivity index (χ3n) is 22.1. The average Bonchev–Trinajstić information content (AvgIpc) is 1.62. The fraction of sp³-hybridized carbons (Fsp3) is 0.580. The van der Waals surface area contributed by atoms with Gasteiger partial charge in [-0.25, -0.2) is 36.7 Å². The number of carbonyl (C=O) groups excluding carboxylic acids is 4. The van der Waals surface area contributed by atoms with Crippen LogP contribution in [0.4, 0.5) is 17.6 Å². The molecule has 0 radical (unpaired) electrons. The number of benzene rings is 2. The molecule has 0 atom stereocenters. The van der Waals surface area contributed by atoms with Crippen LogP contribution in [0.25, 0.3) is 49.1 Å². The van der Waals surface area contributed by atoms with E-state index in [1.165, 1.54) is 84.0 Å². The van der Waals surface area contributed by atoms with Gasteiger partial charge in [0.25, 0.3) is 0 Å². The Morgan fingerprint density at radius 1 is 0.352 bits per heavy atom. The molecule has 6 aromatic heterocycles. The van der Waals surface area contributed by atoms with Gasteiger partial charge in [-0.3, -0.25) is 0 Å². The maximum absolute atomic E-state index is 17.4. The van der Waals surface area contributed by atoms with E-state index in [1.54, 1.807) is 63.7 Å². The third kappa shape index (κ3) is 18.2. The van der Waals surface area contributed by atoms with Crippen LogP contribution in [0.2, 0.25) is 63.2 Å². The fourth-order valence-electron chi connectivity index (χ4n) is 17.8. The first-order valence-electron chi connectivity index (χ1n) is 38.1. The molecule has 0 saturated heterocycles. The Labute approximate surface area is 672 Å². The van der Waals surface area contributed by atoms with E-state index >= 15 is 8.78 Å². The van der Waals surface area contributed by atoms with Crippen LogP contribution in [-0.4, -0.2) is 92.9 Å². The standard InChI is InChI=1S/C42H56F2O4S4Si2.C15H23S2Si.C12H10Br2F2O4.3C4H9.Sn/c1-15-47-41(45)37-35(31-17-27-29(49-31)19-33(51-27)53(21(3)4,22(5)6)23(7)8)40(44)38(42(46)48-16-2)36(39(37)43)32-18-28-30(50-32)20-34(52-28)54(24(9)10,25(11)12)26(13)14;1-10(2)18(11(3)4,12(5)6)15-9-14-13(17-15)7-8-16-14;1-3-19-11(17)5-7(13)10(16)6(8(14)9(5)15)12(18)20-4-2;3*1-3-4-2;/h17-26H,15-16H2,1-14H3;7,9-12H,1-6H3;3-4H2,1-2H3;3*1,3-4H2,2H3;. The molecular formula is C81H116Br2F4O8S6Si3Sn. The SMILES string of the molecule is CCC[CH2][Sn]([CH2]CCC)([CH2]CCC)[c]1cc2sc([Si](C(C)C)(C(C)C)C(C)C)cc2s1.CCOC(=O)c1c(F)c(-c2cc3sc([Si](C(C)C)(C(C)C)C(C)C)cc3s2)c(C(=O)OCC)c(F)c1-c1cc2sc([Si](C(C)C)(C(C)C)C(C)C)cc2s1.CCOC(=O)c1c(F)c(Br)c(C(=O)OCC)c(F)c1Br. The van der Waals surface area contributed by atoms with Gasteiger partial charge < -0.3 is 18.9 Å². The molecule has 105 heavy (non-hydrogen) atoms. The van der Waals surface area contributed by atoms with Crippen LogP contribution in [0.3, 0.4) is 0 Å². The quantitative estimate of drug-likeness (QED) is 0.0135. The zero-order valence-electron chi connectivity index (χ0n) is 66.8. The van der Waals surface area contributed by atoms with Crippen LogP contribution in [0.15, 0.2) is 45.3 Å². The number of hydrogen-bond acceptors (Lipinski definition) is 14. The first-order valence-corrected chi connectivity index (χ1v) is 58.7. The number of carbonyl (C=O) groups is 4. The molecule has 8 rings (SSSR count). The van der Waals surface area contributed by atoms with Crippen LogP contribution in [0, 0.1) is 23.3 Å². The minimum Gasteiger partial charge on any atom is -0.462 e. The van der Waals surface area contributed by atoms with Gasteiger partial charge in [0.1, 0.15) is 50.0 Å². The van der Waals surface area contributed by atoms with E-state index in [2.05, 4.69) is 234 Å². The number of ether oxygens (including phenoxy) is 4. The summed E-state index contributed by atoms with van der Waals surface area (Å²) in [5.74, 6) is -8.14. The summed E-state index contributed by atoms with van der Waals surface area (Å²) < 4.78 is 100. The van der Waals surface area contributed by atoms with Crippen LogP contribution in [0.5, 0.6) is 0 Å². The van der Waals surface area contributed by atoms with Gasteiger partial charge in [0.2, 0.25) is 0 Å². The van der Waals surface area contributed by atoms with Crippen molar-refractivity contribution in [2.45, 2.75) is 275 Å². The topological polar surface area (TPSA) is 105 Å². The summed E-state index contributed by atoms with van der Waals surface area (Å²) in [4.78, 5) is 51.4. The number of halogens is 6. The zero-order valence-corrected chi connectivity index (χ0v) is 80.8. The van der Waals surface area contributed by atoms with Crippen molar-refractivity contribution in [2.75, 3.05) is 26.4 Å². The predicted molar refractivity (Wildman–Crippen MR) is 466 cm³/mol. The minimum absolute atomic E-state index is 0.00355. The van der Waals surface area contributed by atoms with Gasteiger partial charge in [0.15, 0.2) is 11.6 Å². The number of thiophene rings is 6. The zero-order chi connectivity index (χ0) is 78.9. The Kier molecular flexibility index (Phi) is 34.1. The third-order valence-corrected chi connectivity index (χ3v) is 72.4. The predicted octanol–water partition coefficient (Wildman–Crippen LogP) is 27.7. The van der Waals surface area contributed by atoms with Crippen molar-refractivity contribution in [3.8, 4) is 20.9 Å². The monoisotopic (exact) mass is 1850 g/mol. The first-order chi connectivity index (χ1) is 49.4. The van der Waals surface area contributed by atoms with Crippen molar-refractivity contribution in [1.82, 2.24) is 0 Å². The molecule has 0 N–H and O–H groups in total. The molecule has 0 unspecified atom stereocenters. The number of esters is 4.